The van der Waals surface area contributed by atoms with Crippen LogP contribution >= 0.6 is 11.6 Å². The molecular formula is C33H42ClN7O3. The molecule has 2 aliphatic heterocycles. The van der Waals surface area contributed by atoms with E-state index in [-0.39, 0.29) is 30.6 Å². The number of benzene rings is 1. The minimum atomic E-state index is -1.08. The number of carbonyl (C=O) groups excluding carboxylic acids is 2. The van der Waals surface area contributed by atoms with Crippen molar-refractivity contribution in [2.24, 2.45) is 0 Å². The maximum atomic E-state index is 14.4. The molecule has 3 aromatic rings. The smallest absolute Gasteiger partial charge is 0.318 e. The lowest BCUT2D eigenvalue weighted by atomic mass is 9.91. The van der Waals surface area contributed by atoms with Crippen molar-refractivity contribution in [2.75, 3.05) is 32.7 Å². The summed E-state index contributed by atoms with van der Waals surface area (Å²) in [6.07, 6.45) is 8.43. The summed E-state index contributed by atoms with van der Waals surface area (Å²) in [7, 11) is 0. The number of halogens is 1. The molecule has 3 amide bonds. The van der Waals surface area contributed by atoms with Crippen molar-refractivity contribution >= 4 is 23.5 Å². The number of rotatable bonds is 5. The lowest BCUT2D eigenvalue weighted by molar-refractivity contribution is -0.146. The van der Waals surface area contributed by atoms with Crippen LogP contribution in [0.3, 0.4) is 0 Å². The van der Waals surface area contributed by atoms with Gasteiger partial charge in [-0.05, 0) is 81.3 Å². The average Bonchev–Trinajstić information content (AvgIpc) is 3.32. The van der Waals surface area contributed by atoms with Gasteiger partial charge in [0.05, 0.1) is 36.8 Å². The highest BCUT2D eigenvalue weighted by Gasteiger charge is 2.44. The van der Waals surface area contributed by atoms with Gasteiger partial charge < -0.3 is 24.8 Å². The van der Waals surface area contributed by atoms with Crippen LogP contribution in [0, 0.1) is 6.92 Å². The van der Waals surface area contributed by atoms with Crippen LogP contribution in [0.25, 0.3) is 0 Å². The van der Waals surface area contributed by atoms with E-state index in [4.69, 9.17) is 16.6 Å². The minimum Gasteiger partial charge on any atom is -0.386 e. The maximum absolute atomic E-state index is 14.4. The molecular weight excluding hydrogens is 578 g/mol. The van der Waals surface area contributed by atoms with E-state index in [1.54, 1.807) is 16.1 Å². The Morgan fingerprint density at radius 2 is 1.95 bits per heavy atom. The number of aryl methyl sites for hydroxylation is 3. The molecule has 234 valence electrons. The zero-order valence-electron chi connectivity index (χ0n) is 25.7. The largest absolute Gasteiger partial charge is 0.386 e. The Kier molecular flexibility index (Phi) is 8.68. The zero-order valence-corrected chi connectivity index (χ0v) is 26.5. The molecule has 0 saturated carbocycles. The van der Waals surface area contributed by atoms with E-state index in [0.717, 1.165) is 29.8 Å². The molecule has 1 unspecified atom stereocenters. The molecule has 6 rings (SSSR count). The molecule has 44 heavy (non-hydrogen) atoms. The van der Waals surface area contributed by atoms with Crippen molar-refractivity contribution in [3.63, 3.8) is 0 Å². The molecule has 10 nitrogen and oxygen atoms in total. The molecule has 1 aromatic carbocycles. The first-order valence-electron chi connectivity index (χ1n) is 15.6. The van der Waals surface area contributed by atoms with Gasteiger partial charge in [0.1, 0.15) is 11.6 Å². The topological polar surface area (TPSA) is 107 Å². The summed E-state index contributed by atoms with van der Waals surface area (Å²) in [6.45, 7) is 8.18. The van der Waals surface area contributed by atoms with E-state index < -0.39 is 11.6 Å². The van der Waals surface area contributed by atoms with Crippen molar-refractivity contribution in [3.8, 4) is 0 Å². The number of aromatic nitrogens is 3. The zero-order chi connectivity index (χ0) is 31.0. The van der Waals surface area contributed by atoms with Crippen molar-refractivity contribution in [3.05, 3.63) is 82.2 Å². The number of β-amino-alcohol motifs (C(OH)–C–C–N with tert-alkyl or cyclic N) is 1. The number of fused-ring (bicyclic) bond motifs is 2. The predicted octanol–water partition coefficient (Wildman–Crippen LogP) is 3.59. The van der Waals surface area contributed by atoms with Gasteiger partial charge in [-0.15, -0.1) is 0 Å². The first-order valence-corrected chi connectivity index (χ1v) is 16.0. The van der Waals surface area contributed by atoms with Crippen LogP contribution < -0.4 is 5.32 Å². The summed E-state index contributed by atoms with van der Waals surface area (Å²) >= 11 is 6.44. The highest BCUT2D eigenvalue weighted by Crippen LogP contribution is 2.38. The number of imidazole rings is 1. The number of piperidine rings is 1. The number of urea groups is 1. The number of hydrogen-bond acceptors (Lipinski definition) is 6. The summed E-state index contributed by atoms with van der Waals surface area (Å²) in [5.74, 6) is -0.139. The number of aliphatic hydroxyl groups is 1. The average molecular weight is 620 g/mol. The van der Waals surface area contributed by atoms with Crippen LogP contribution in [0.4, 0.5) is 4.79 Å². The SMILES string of the molecule is Cc1cn(CC2(O)CCCN(C(=O)[C@H]3CN([C@@H]4c5ccc(Cl)cc5CCc5cccnc54)CCN3C(=O)NC(C)C)C2)cn1. The van der Waals surface area contributed by atoms with Gasteiger partial charge in [-0.3, -0.25) is 14.7 Å². The fourth-order valence-electron chi connectivity index (χ4n) is 7.11. The van der Waals surface area contributed by atoms with E-state index >= 15 is 0 Å². The van der Waals surface area contributed by atoms with Gasteiger partial charge in [0.15, 0.2) is 0 Å². The van der Waals surface area contributed by atoms with Crippen molar-refractivity contribution in [2.45, 2.75) is 76.7 Å². The number of nitrogens with one attached hydrogen (secondary N) is 1. The summed E-state index contributed by atoms with van der Waals surface area (Å²) in [4.78, 5) is 42.8. The fraction of sp³-hybridized carbons (Fsp3) is 0.515. The number of amides is 3. The summed E-state index contributed by atoms with van der Waals surface area (Å²) in [5, 5.41) is 15.3. The molecule has 11 heteroatoms. The van der Waals surface area contributed by atoms with Gasteiger partial charge in [-0.1, -0.05) is 23.7 Å². The highest BCUT2D eigenvalue weighted by molar-refractivity contribution is 6.30. The summed E-state index contributed by atoms with van der Waals surface area (Å²) in [6, 6.07) is 8.96. The van der Waals surface area contributed by atoms with Gasteiger partial charge in [0.25, 0.3) is 0 Å². The van der Waals surface area contributed by atoms with Crippen LogP contribution in [0.2, 0.25) is 5.02 Å². The predicted molar refractivity (Wildman–Crippen MR) is 168 cm³/mol. The lowest BCUT2D eigenvalue weighted by Crippen LogP contribution is -2.65. The van der Waals surface area contributed by atoms with E-state index in [2.05, 4.69) is 27.3 Å². The van der Waals surface area contributed by atoms with Crippen LogP contribution in [0.15, 0.2) is 49.1 Å². The van der Waals surface area contributed by atoms with Crippen LogP contribution in [-0.2, 0) is 24.2 Å². The Morgan fingerprint density at radius 3 is 2.73 bits per heavy atom. The van der Waals surface area contributed by atoms with Crippen LogP contribution in [0.1, 0.15) is 60.8 Å². The Labute approximate surface area is 264 Å². The van der Waals surface area contributed by atoms with Crippen molar-refractivity contribution < 1.29 is 14.7 Å². The lowest BCUT2D eigenvalue weighted by Gasteiger charge is -2.47. The van der Waals surface area contributed by atoms with Crippen molar-refractivity contribution in [1.29, 1.82) is 0 Å². The molecule has 3 aliphatic rings. The Bertz CT molecular complexity index is 1530. The molecule has 0 spiro atoms. The first kappa shape index (κ1) is 30.6. The van der Waals surface area contributed by atoms with Crippen molar-refractivity contribution in [1.82, 2.24) is 34.6 Å². The van der Waals surface area contributed by atoms with Gasteiger partial charge in [-0.2, -0.15) is 0 Å². The fourth-order valence-corrected chi connectivity index (χ4v) is 7.31. The first-order chi connectivity index (χ1) is 21.1. The van der Waals surface area contributed by atoms with Gasteiger partial charge >= 0.3 is 6.03 Å². The molecule has 2 N–H and O–H groups in total. The molecule has 3 atom stereocenters. The normalized spacial score (nSPS) is 24.0. The Morgan fingerprint density at radius 1 is 1.14 bits per heavy atom. The van der Waals surface area contributed by atoms with Crippen LogP contribution in [-0.4, -0.2) is 96.7 Å². The van der Waals surface area contributed by atoms with Gasteiger partial charge in [-0.25, -0.2) is 9.78 Å². The second-order valence-electron chi connectivity index (χ2n) is 12.9. The van der Waals surface area contributed by atoms with Gasteiger partial charge in [0.2, 0.25) is 5.91 Å². The number of carbonyl (C=O) groups is 2. The molecule has 2 saturated heterocycles. The third-order valence-electron chi connectivity index (χ3n) is 9.09. The van der Waals surface area contributed by atoms with Gasteiger partial charge in [0, 0.05) is 49.6 Å². The molecule has 2 fully saturated rings. The Hall–Kier alpha value is -3.47. The highest BCUT2D eigenvalue weighted by atomic mass is 35.5. The van der Waals surface area contributed by atoms with E-state index in [0.29, 0.717) is 50.6 Å². The standard InChI is InChI=1S/C33H42ClN7O3/c1-22(2)37-32(43)41-15-14-39(30-27-10-9-26(34)16-25(27)8-7-24-6-4-12-35-29(24)30)18-28(41)31(42)40-13-5-11-33(44,20-40)19-38-17-23(3)36-21-38/h4,6,9-10,12,16-17,21-22,28,30,44H,5,7-8,11,13-15,18-20H2,1-3H3,(H,37,43)/t28-,30-,33?/m1/s1. The summed E-state index contributed by atoms with van der Waals surface area (Å²) in [5.41, 5.74) is 4.29. The van der Waals surface area contributed by atoms with Crippen LogP contribution in [0.5, 0.6) is 0 Å². The second kappa shape index (κ2) is 12.5. The third-order valence-corrected chi connectivity index (χ3v) is 9.32. The number of pyridine rings is 1. The number of nitrogens with zero attached hydrogens (tertiary/aromatic N) is 6. The molecule has 4 heterocycles. The second-order valence-corrected chi connectivity index (χ2v) is 13.3. The molecule has 0 radical (unpaired) electrons. The van der Waals surface area contributed by atoms with E-state index in [1.165, 1.54) is 11.1 Å². The number of piperazine rings is 1. The van der Waals surface area contributed by atoms with E-state index in [1.807, 2.05) is 55.9 Å². The Balaban J connectivity index is 1.31. The molecule has 0 bridgehead atoms. The quantitative estimate of drug-likeness (QED) is 0.452. The van der Waals surface area contributed by atoms with E-state index in [9.17, 15) is 14.7 Å². The molecule has 2 aromatic heterocycles. The summed E-state index contributed by atoms with van der Waals surface area (Å²) < 4.78 is 1.88. The number of likely N-dealkylation sites (tertiary alicyclic amines) is 1. The monoisotopic (exact) mass is 619 g/mol. The third kappa shape index (κ3) is 6.34. The molecule has 1 aliphatic carbocycles. The maximum Gasteiger partial charge on any atom is 0.318 e. The minimum absolute atomic E-state index is 0.0652. The number of hydrogen-bond donors (Lipinski definition) is 2.